The van der Waals surface area contributed by atoms with Crippen molar-refractivity contribution in [2.45, 2.75) is 32.2 Å². The minimum absolute atomic E-state index is 0.192. The highest BCUT2D eigenvalue weighted by Gasteiger charge is 2.25. The van der Waals surface area contributed by atoms with Gasteiger partial charge < -0.3 is 10.3 Å². The molecule has 0 aliphatic heterocycles. The smallest absolute Gasteiger partial charge is 0.232 e. The van der Waals surface area contributed by atoms with E-state index in [9.17, 15) is 0 Å². The maximum absolute atomic E-state index is 6.17. The average molecular weight is 345 g/mol. The largest absolute Gasteiger partial charge is 0.339 e. The lowest BCUT2D eigenvalue weighted by atomic mass is 9.97. The summed E-state index contributed by atoms with van der Waals surface area (Å²) in [6, 6.07) is 4.98. The lowest BCUT2D eigenvalue weighted by Gasteiger charge is -2.12. The molecule has 0 amide bonds. The van der Waals surface area contributed by atoms with Crippen LogP contribution in [-0.4, -0.2) is 10.1 Å². The number of benzene rings is 1. The van der Waals surface area contributed by atoms with Crippen molar-refractivity contribution < 1.29 is 4.52 Å². The minimum atomic E-state index is -0.452. The molecule has 1 heterocycles. The van der Waals surface area contributed by atoms with E-state index in [0.717, 1.165) is 10.0 Å². The van der Waals surface area contributed by atoms with Crippen molar-refractivity contribution in [1.82, 2.24) is 10.1 Å². The van der Waals surface area contributed by atoms with Crippen LogP contribution in [0.2, 0.25) is 5.02 Å². The monoisotopic (exact) mass is 343 g/mol. The van der Waals surface area contributed by atoms with Gasteiger partial charge in [-0.3, -0.25) is 0 Å². The lowest BCUT2D eigenvalue weighted by molar-refractivity contribution is 0.317. The van der Waals surface area contributed by atoms with Crippen LogP contribution < -0.4 is 5.73 Å². The highest BCUT2D eigenvalue weighted by Crippen LogP contribution is 2.29. The molecule has 2 rings (SSSR count). The Balaban J connectivity index is 2.34. The van der Waals surface area contributed by atoms with E-state index >= 15 is 0 Å². The van der Waals surface area contributed by atoms with Gasteiger partial charge in [-0.05, 0) is 17.7 Å². The number of aromatic nitrogens is 2. The quantitative estimate of drug-likeness (QED) is 0.899. The van der Waals surface area contributed by atoms with E-state index in [1.165, 1.54) is 0 Å². The van der Waals surface area contributed by atoms with Crippen molar-refractivity contribution in [3.8, 4) is 0 Å². The second-order valence-corrected chi connectivity index (χ2v) is 6.64. The number of hydrogen-bond acceptors (Lipinski definition) is 4. The molecule has 0 spiro atoms. The van der Waals surface area contributed by atoms with Crippen LogP contribution in [-0.2, 0) is 5.41 Å². The molecule has 4 nitrogen and oxygen atoms in total. The third-order valence-corrected chi connectivity index (χ3v) is 3.58. The van der Waals surface area contributed by atoms with Crippen LogP contribution >= 0.6 is 27.5 Å². The summed E-state index contributed by atoms with van der Waals surface area (Å²) in [5.74, 6) is 1.04. The van der Waals surface area contributed by atoms with E-state index in [-0.39, 0.29) is 5.41 Å². The highest BCUT2D eigenvalue weighted by atomic mass is 79.9. The Morgan fingerprint density at radius 2 is 2.05 bits per heavy atom. The topological polar surface area (TPSA) is 64.9 Å². The summed E-state index contributed by atoms with van der Waals surface area (Å²) in [5, 5.41) is 4.60. The number of nitrogens with two attached hydrogens (primary N) is 1. The van der Waals surface area contributed by atoms with E-state index in [2.05, 4.69) is 26.1 Å². The van der Waals surface area contributed by atoms with Gasteiger partial charge in [0.15, 0.2) is 5.82 Å². The molecule has 1 atom stereocenters. The van der Waals surface area contributed by atoms with Gasteiger partial charge in [0.1, 0.15) is 0 Å². The maximum atomic E-state index is 6.17. The van der Waals surface area contributed by atoms with Gasteiger partial charge >= 0.3 is 0 Å². The molecule has 2 aromatic rings. The first-order chi connectivity index (χ1) is 8.79. The molecule has 2 N–H and O–H groups in total. The van der Waals surface area contributed by atoms with Gasteiger partial charge in [-0.25, -0.2) is 0 Å². The Bertz CT molecular complexity index is 592. The number of nitrogens with zero attached hydrogens (tertiary/aromatic N) is 2. The molecule has 0 bridgehead atoms. The predicted molar refractivity (Wildman–Crippen MR) is 78.2 cm³/mol. The van der Waals surface area contributed by atoms with Crippen molar-refractivity contribution in [2.75, 3.05) is 0 Å². The Morgan fingerprint density at radius 3 is 2.58 bits per heavy atom. The van der Waals surface area contributed by atoms with Crippen molar-refractivity contribution in [3.63, 3.8) is 0 Å². The molecule has 1 aromatic carbocycles. The lowest BCUT2D eigenvalue weighted by Crippen LogP contribution is -2.16. The normalized spacial score (nSPS) is 13.6. The molecule has 1 unspecified atom stereocenters. The number of rotatable bonds is 2. The van der Waals surface area contributed by atoms with Crippen molar-refractivity contribution >= 4 is 27.5 Å². The Labute approximate surface area is 125 Å². The summed E-state index contributed by atoms with van der Waals surface area (Å²) in [4.78, 5) is 4.36. The molecule has 0 aliphatic carbocycles. The highest BCUT2D eigenvalue weighted by molar-refractivity contribution is 9.10. The molecule has 0 fully saturated rings. The zero-order chi connectivity index (χ0) is 14.2. The first kappa shape index (κ1) is 14.5. The summed E-state index contributed by atoms with van der Waals surface area (Å²) in [6.07, 6.45) is 0. The molecule has 6 heteroatoms. The van der Waals surface area contributed by atoms with Gasteiger partial charge in [-0.1, -0.05) is 59.5 Å². The molecule has 19 heavy (non-hydrogen) atoms. The molecular weight excluding hydrogens is 330 g/mol. The molecule has 0 saturated heterocycles. The summed E-state index contributed by atoms with van der Waals surface area (Å²) < 4.78 is 6.08. The molecule has 0 saturated carbocycles. The zero-order valence-corrected chi connectivity index (χ0v) is 13.3. The van der Waals surface area contributed by atoms with Crippen LogP contribution in [0.1, 0.15) is 44.1 Å². The van der Waals surface area contributed by atoms with Crippen LogP contribution in [0.3, 0.4) is 0 Å². The Hall–Kier alpha value is -0.910. The van der Waals surface area contributed by atoms with Crippen molar-refractivity contribution in [2.24, 2.45) is 5.73 Å². The van der Waals surface area contributed by atoms with Crippen LogP contribution in [0.5, 0.6) is 0 Å². The van der Waals surface area contributed by atoms with Gasteiger partial charge in [-0.15, -0.1) is 0 Å². The summed E-state index contributed by atoms with van der Waals surface area (Å²) in [7, 11) is 0. The van der Waals surface area contributed by atoms with E-state index in [4.69, 9.17) is 21.9 Å². The predicted octanol–water partition coefficient (Wildman–Crippen LogP) is 3.83. The molecule has 0 radical (unpaired) electrons. The summed E-state index contributed by atoms with van der Waals surface area (Å²) in [5.41, 5.74) is 6.84. The van der Waals surface area contributed by atoms with E-state index in [1.807, 2.05) is 26.8 Å². The van der Waals surface area contributed by atoms with Crippen molar-refractivity contribution in [3.05, 3.63) is 45.0 Å². The van der Waals surface area contributed by atoms with Gasteiger partial charge in [0.05, 0.1) is 6.04 Å². The van der Waals surface area contributed by atoms with Crippen LogP contribution in [0.15, 0.2) is 27.2 Å². The SMILES string of the molecule is CC(C)(C)c1nc(C(N)c2ccc(Cl)cc2Br)no1. The Morgan fingerprint density at radius 1 is 1.37 bits per heavy atom. The summed E-state index contributed by atoms with van der Waals surface area (Å²) >= 11 is 9.35. The second-order valence-electron chi connectivity index (χ2n) is 5.35. The fraction of sp³-hybridized carbons (Fsp3) is 0.385. The molecule has 102 valence electrons. The summed E-state index contributed by atoms with van der Waals surface area (Å²) in [6.45, 7) is 6.02. The second kappa shape index (κ2) is 5.23. The number of halogens is 2. The van der Waals surface area contributed by atoms with Gasteiger partial charge in [-0.2, -0.15) is 4.98 Å². The number of hydrogen-bond donors (Lipinski definition) is 1. The standard InChI is InChI=1S/C13H15BrClN3O/c1-13(2,3)12-17-11(18-19-12)10(16)8-5-4-7(15)6-9(8)14/h4-6,10H,16H2,1-3H3. The van der Waals surface area contributed by atoms with Gasteiger partial charge in [0, 0.05) is 14.9 Å². The third-order valence-electron chi connectivity index (χ3n) is 2.66. The fourth-order valence-electron chi connectivity index (χ4n) is 1.56. The minimum Gasteiger partial charge on any atom is -0.339 e. The van der Waals surface area contributed by atoms with Crippen LogP contribution in [0.25, 0.3) is 0 Å². The fourth-order valence-corrected chi connectivity index (χ4v) is 2.49. The van der Waals surface area contributed by atoms with E-state index in [1.54, 1.807) is 12.1 Å². The molecular formula is C13H15BrClN3O. The first-order valence-electron chi connectivity index (χ1n) is 5.83. The zero-order valence-electron chi connectivity index (χ0n) is 10.9. The Kier molecular flexibility index (Phi) is 3.99. The first-order valence-corrected chi connectivity index (χ1v) is 7.01. The van der Waals surface area contributed by atoms with Crippen molar-refractivity contribution in [1.29, 1.82) is 0 Å². The van der Waals surface area contributed by atoms with Gasteiger partial charge in [0.25, 0.3) is 0 Å². The van der Waals surface area contributed by atoms with E-state index in [0.29, 0.717) is 16.7 Å². The molecule has 1 aromatic heterocycles. The third kappa shape index (κ3) is 3.16. The van der Waals surface area contributed by atoms with Gasteiger partial charge in [0.2, 0.25) is 5.89 Å². The van der Waals surface area contributed by atoms with E-state index < -0.39 is 6.04 Å². The molecule has 0 aliphatic rings. The maximum Gasteiger partial charge on any atom is 0.232 e. The van der Waals surface area contributed by atoms with Crippen LogP contribution in [0, 0.1) is 0 Å². The average Bonchev–Trinajstić information content (AvgIpc) is 2.76. The van der Waals surface area contributed by atoms with Crippen LogP contribution in [0.4, 0.5) is 0 Å².